The molecule has 6 heteroatoms. The minimum Gasteiger partial charge on any atom is -0.493 e. The van der Waals surface area contributed by atoms with Gasteiger partial charge in [-0.2, -0.15) is 12.6 Å². The molecule has 0 aliphatic rings. The Morgan fingerprint density at radius 2 is 2.18 bits per heavy atom. The Balaban J connectivity index is 2.82. The topological polar surface area (TPSA) is 61.6 Å². The molecule has 0 radical (unpaired) electrons. The minimum atomic E-state index is -0.476. The van der Waals surface area contributed by atoms with Crippen LogP contribution in [0.3, 0.4) is 0 Å². The zero-order valence-electron chi connectivity index (χ0n) is 9.33. The van der Waals surface area contributed by atoms with Crippen molar-refractivity contribution >= 4 is 18.3 Å². The average Bonchev–Trinajstić information content (AvgIpc) is 2.34. The molecule has 1 aromatic carbocycles. The highest BCUT2D eigenvalue weighted by atomic mass is 32.1. The fourth-order valence-corrected chi connectivity index (χ4v) is 1.32. The van der Waals surface area contributed by atoms with Gasteiger partial charge in [-0.05, 0) is 6.07 Å². The number of methoxy groups -OCH3 is 1. The van der Waals surface area contributed by atoms with Crippen LogP contribution < -0.4 is 9.47 Å². The zero-order valence-corrected chi connectivity index (χ0v) is 10.2. The largest absolute Gasteiger partial charge is 0.493 e. The Bertz CT molecular complexity index is 420. The molecule has 0 unspecified atom stereocenters. The normalized spacial score (nSPS) is 10.5. The summed E-state index contributed by atoms with van der Waals surface area (Å²) in [5.74, 6) is 1.44. The fraction of sp³-hybridized carbons (Fsp3) is 0.273. The van der Waals surface area contributed by atoms with Gasteiger partial charge in [-0.1, -0.05) is 12.2 Å². The molecule has 0 fully saturated rings. The molecule has 0 aliphatic carbocycles. The third kappa shape index (κ3) is 3.99. The van der Waals surface area contributed by atoms with Crippen molar-refractivity contribution in [2.45, 2.75) is 0 Å². The van der Waals surface area contributed by atoms with Gasteiger partial charge in [0.1, 0.15) is 6.61 Å². The molecule has 0 atom stereocenters. The summed E-state index contributed by atoms with van der Waals surface area (Å²) in [5.41, 5.74) is -0.0287. The molecular weight excluding hydrogens is 242 g/mol. The van der Waals surface area contributed by atoms with Crippen molar-refractivity contribution in [3.63, 3.8) is 0 Å². The molecular formula is C11H13NO4S. The summed E-state index contributed by atoms with van der Waals surface area (Å²) in [6.45, 7) is 0.318. The van der Waals surface area contributed by atoms with Gasteiger partial charge in [0.15, 0.2) is 11.5 Å². The second kappa shape index (κ2) is 6.80. The molecule has 1 rings (SSSR count). The molecule has 1 aromatic rings. The van der Waals surface area contributed by atoms with E-state index >= 15 is 0 Å². The van der Waals surface area contributed by atoms with Crippen LogP contribution in [0.25, 0.3) is 0 Å². The molecule has 0 N–H and O–H groups in total. The highest BCUT2D eigenvalue weighted by Crippen LogP contribution is 2.30. The number of ether oxygens (including phenoxy) is 2. The summed E-state index contributed by atoms with van der Waals surface area (Å²) in [4.78, 5) is 10.1. The van der Waals surface area contributed by atoms with E-state index in [4.69, 9.17) is 9.47 Å². The number of nitro groups is 1. The van der Waals surface area contributed by atoms with Gasteiger partial charge in [0.05, 0.1) is 18.1 Å². The van der Waals surface area contributed by atoms with E-state index in [0.29, 0.717) is 23.9 Å². The summed E-state index contributed by atoms with van der Waals surface area (Å²) in [5, 5.41) is 10.6. The Morgan fingerprint density at radius 1 is 1.41 bits per heavy atom. The first-order chi connectivity index (χ1) is 8.19. The lowest BCUT2D eigenvalue weighted by Crippen LogP contribution is -1.98. The molecule has 0 bridgehead atoms. The smallest absolute Gasteiger partial charge is 0.273 e. The predicted octanol–water partition coefficient (Wildman–Crippen LogP) is 2.47. The van der Waals surface area contributed by atoms with Crippen molar-refractivity contribution in [1.82, 2.24) is 0 Å². The Labute approximate surface area is 105 Å². The number of benzene rings is 1. The molecule has 0 spiro atoms. The van der Waals surface area contributed by atoms with Crippen LogP contribution in [0.5, 0.6) is 11.5 Å². The molecule has 0 saturated carbocycles. The molecule has 92 valence electrons. The molecule has 0 aliphatic heterocycles. The van der Waals surface area contributed by atoms with E-state index in [0.717, 1.165) is 0 Å². The first-order valence-corrected chi connectivity index (χ1v) is 5.53. The van der Waals surface area contributed by atoms with Gasteiger partial charge >= 0.3 is 0 Å². The van der Waals surface area contributed by atoms with E-state index in [1.54, 1.807) is 6.08 Å². The Kier molecular flexibility index (Phi) is 5.35. The van der Waals surface area contributed by atoms with Gasteiger partial charge < -0.3 is 9.47 Å². The summed E-state index contributed by atoms with van der Waals surface area (Å²) in [6.07, 6.45) is 3.61. The van der Waals surface area contributed by atoms with E-state index < -0.39 is 4.92 Å². The van der Waals surface area contributed by atoms with Crippen molar-refractivity contribution in [3.8, 4) is 11.5 Å². The average molecular weight is 255 g/mol. The van der Waals surface area contributed by atoms with Gasteiger partial charge in [0.25, 0.3) is 5.69 Å². The number of hydrogen-bond donors (Lipinski definition) is 1. The molecule has 5 nitrogen and oxygen atoms in total. The van der Waals surface area contributed by atoms with E-state index in [9.17, 15) is 10.1 Å². The second-order valence-corrected chi connectivity index (χ2v) is 3.42. The molecule has 0 saturated heterocycles. The standard InChI is InChI=1S/C11H13NO4S/c1-15-10-5-4-9(12(13)14)8-11(10)16-6-2-3-7-17/h2-5,8,17H,6-7H2,1H3. The second-order valence-electron chi connectivity index (χ2n) is 3.06. The summed E-state index contributed by atoms with van der Waals surface area (Å²) >= 11 is 4.01. The van der Waals surface area contributed by atoms with Crippen LogP contribution in [0.1, 0.15) is 0 Å². The van der Waals surface area contributed by atoms with Crippen LogP contribution in [-0.2, 0) is 0 Å². The van der Waals surface area contributed by atoms with Crippen molar-refractivity contribution < 1.29 is 14.4 Å². The van der Waals surface area contributed by atoms with Gasteiger partial charge in [-0.3, -0.25) is 10.1 Å². The highest BCUT2D eigenvalue weighted by Gasteiger charge is 2.11. The van der Waals surface area contributed by atoms with Crippen LogP contribution in [0.4, 0.5) is 5.69 Å². The summed E-state index contributed by atoms with van der Waals surface area (Å²) in [7, 11) is 1.48. The molecule has 0 amide bonds. The van der Waals surface area contributed by atoms with Crippen molar-refractivity contribution in [2.24, 2.45) is 0 Å². The predicted molar refractivity (Wildman–Crippen MR) is 68.1 cm³/mol. The zero-order chi connectivity index (χ0) is 12.7. The van der Waals surface area contributed by atoms with Crippen LogP contribution in [0, 0.1) is 10.1 Å². The SMILES string of the molecule is COc1ccc([N+](=O)[O-])cc1OCC=CCS. The van der Waals surface area contributed by atoms with E-state index in [-0.39, 0.29) is 5.69 Å². The maximum atomic E-state index is 10.6. The third-order valence-electron chi connectivity index (χ3n) is 1.97. The van der Waals surface area contributed by atoms with Crippen LogP contribution in [0.2, 0.25) is 0 Å². The number of thiol groups is 1. The number of nitro benzene ring substituents is 1. The van der Waals surface area contributed by atoms with E-state index in [1.807, 2.05) is 6.08 Å². The monoisotopic (exact) mass is 255 g/mol. The number of nitrogens with zero attached hydrogens (tertiary/aromatic N) is 1. The number of rotatable bonds is 6. The lowest BCUT2D eigenvalue weighted by Gasteiger charge is -2.08. The van der Waals surface area contributed by atoms with Gasteiger partial charge in [0, 0.05) is 11.8 Å². The first kappa shape index (κ1) is 13.4. The van der Waals surface area contributed by atoms with E-state index in [2.05, 4.69) is 12.6 Å². The maximum absolute atomic E-state index is 10.6. The Hall–Kier alpha value is -1.69. The fourth-order valence-electron chi connectivity index (χ4n) is 1.17. The quantitative estimate of drug-likeness (QED) is 0.367. The van der Waals surface area contributed by atoms with Gasteiger partial charge in [-0.25, -0.2) is 0 Å². The number of hydrogen-bond acceptors (Lipinski definition) is 5. The lowest BCUT2D eigenvalue weighted by atomic mass is 10.3. The van der Waals surface area contributed by atoms with Crippen molar-refractivity contribution in [2.75, 3.05) is 19.5 Å². The van der Waals surface area contributed by atoms with Gasteiger partial charge in [0.2, 0.25) is 0 Å². The first-order valence-electron chi connectivity index (χ1n) is 4.90. The maximum Gasteiger partial charge on any atom is 0.273 e. The lowest BCUT2D eigenvalue weighted by molar-refractivity contribution is -0.385. The minimum absolute atomic E-state index is 0.0287. The van der Waals surface area contributed by atoms with Crippen molar-refractivity contribution in [3.05, 3.63) is 40.5 Å². The summed E-state index contributed by atoms with van der Waals surface area (Å²) < 4.78 is 10.4. The number of non-ortho nitro benzene ring substituents is 1. The van der Waals surface area contributed by atoms with Gasteiger partial charge in [-0.15, -0.1) is 0 Å². The molecule has 17 heavy (non-hydrogen) atoms. The van der Waals surface area contributed by atoms with E-state index in [1.165, 1.54) is 25.3 Å². The van der Waals surface area contributed by atoms with Crippen LogP contribution in [0.15, 0.2) is 30.4 Å². The van der Waals surface area contributed by atoms with Crippen LogP contribution in [-0.4, -0.2) is 24.4 Å². The van der Waals surface area contributed by atoms with Crippen molar-refractivity contribution in [1.29, 1.82) is 0 Å². The molecule has 0 aromatic heterocycles. The highest BCUT2D eigenvalue weighted by molar-refractivity contribution is 7.80. The summed E-state index contributed by atoms with van der Waals surface area (Å²) in [6, 6.07) is 4.22. The third-order valence-corrected chi connectivity index (χ3v) is 2.18. The van der Waals surface area contributed by atoms with Crippen LogP contribution >= 0.6 is 12.6 Å². The molecule has 0 heterocycles. The Morgan fingerprint density at radius 3 is 2.76 bits per heavy atom.